The van der Waals surface area contributed by atoms with E-state index < -0.39 is 70.9 Å². The normalized spacial score (nSPS) is 19.8. The lowest BCUT2D eigenvalue weighted by atomic mass is 10.1. The molecule has 0 spiro atoms. The van der Waals surface area contributed by atoms with Crippen molar-refractivity contribution < 1.29 is 22.0 Å². The van der Waals surface area contributed by atoms with Gasteiger partial charge >= 0.3 is 14.4 Å². The zero-order valence-corrected chi connectivity index (χ0v) is 28.0. The third-order valence-corrected chi connectivity index (χ3v) is 28.5. The summed E-state index contributed by atoms with van der Waals surface area (Å²) in [5.74, 6) is -9.57. The summed E-state index contributed by atoms with van der Waals surface area (Å²) >= 11 is 4.17. The number of hydrogen-bond acceptors (Lipinski definition) is 4. The molecular formula is C26H40BrF5N4Si2. The summed E-state index contributed by atoms with van der Waals surface area (Å²) in [6.45, 7) is 19.6. The van der Waals surface area contributed by atoms with E-state index in [1.807, 2.05) is 105 Å². The largest absolute Gasteiger partial charge is 0.376 e. The molecule has 38 heavy (non-hydrogen) atoms. The molecule has 214 valence electrons. The highest BCUT2D eigenvalue weighted by molar-refractivity contribution is 9.27. The maximum atomic E-state index is 16.3. The zero-order chi connectivity index (χ0) is 29.6. The predicted molar refractivity (Wildman–Crippen MR) is 151 cm³/mol. The lowest BCUT2D eigenvalue weighted by Crippen LogP contribution is -2.93. The van der Waals surface area contributed by atoms with Gasteiger partial charge in [0.25, 0.3) is 0 Å². The van der Waals surface area contributed by atoms with E-state index in [1.165, 1.54) is 0 Å². The summed E-state index contributed by atoms with van der Waals surface area (Å²) in [5, 5.41) is -0.737. The maximum absolute atomic E-state index is 16.3. The molecule has 4 nitrogen and oxygen atoms in total. The summed E-state index contributed by atoms with van der Waals surface area (Å²) in [6, 6.07) is 0. The van der Waals surface area contributed by atoms with Gasteiger partial charge in [0.1, 0.15) is 0 Å². The molecule has 0 aliphatic carbocycles. The highest BCUT2D eigenvalue weighted by Gasteiger charge is 2.78. The Bertz CT molecular complexity index is 1100. The van der Waals surface area contributed by atoms with Crippen molar-refractivity contribution >= 4 is 34.9 Å². The molecule has 0 radical (unpaired) electrons. The van der Waals surface area contributed by atoms with E-state index >= 15 is 17.6 Å². The molecule has 0 N–H and O–H groups in total. The van der Waals surface area contributed by atoms with Gasteiger partial charge in [0.2, 0.25) is 5.82 Å². The van der Waals surface area contributed by atoms with Crippen LogP contribution in [0.4, 0.5) is 22.0 Å². The molecule has 2 aliphatic rings. The van der Waals surface area contributed by atoms with E-state index in [-0.39, 0.29) is 0 Å². The van der Waals surface area contributed by atoms with Crippen LogP contribution >= 0.6 is 15.3 Å². The average Bonchev–Trinajstić information content (AvgIpc) is 3.31. The van der Waals surface area contributed by atoms with Gasteiger partial charge in [-0.25, -0.2) is 22.0 Å². The fraction of sp³-hybridized carbons (Fsp3) is 0.615. The van der Waals surface area contributed by atoms with Crippen molar-refractivity contribution in [3.63, 3.8) is 0 Å². The van der Waals surface area contributed by atoms with Gasteiger partial charge in [0.05, 0.1) is 5.19 Å². The molecule has 2 aliphatic heterocycles. The lowest BCUT2D eigenvalue weighted by Gasteiger charge is -2.63. The topological polar surface area (TPSA) is 13.0 Å². The standard InChI is InChI=1S/C26H40BrF5N4Si2/c1-23(2,3)33-13-14-34(24(4,5)6)37(33,22-20(31)18(29)17(28)19(30)21(22)32)38(27)35(25(7,8)9)15-16-36(38)26(10,11)12/h13-16H,1-12H3. The van der Waals surface area contributed by atoms with Crippen LogP contribution in [0, 0.1) is 29.1 Å². The van der Waals surface area contributed by atoms with Crippen LogP contribution in [0.1, 0.15) is 83.1 Å². The number of rotatable bonds is 2. The molecule has 0 unspecified atom stereocenters. The van der Waals surface area contributed by atoms with E-state index in [1.54, 1.807) is 12.4 Å². The second-order valence-corrected chi connectivity index (χ2v) is 28.6. The Morgan fingerprint density at radius 2 is 0.711 bits per heavy atom. The summed E-state index contributed by atoms with van der Waals surface area (Å²) in [4.78, 5) is 0. The van der Waals surface area contributed by atoms with Crippen LogP contribution in [0.2, 0.25) is 0 Å². The van der Waals surface area contributed by atoms with Crippen molar-refractivity contribution in [2.45, 2.75) is 105 Å². The minimum absolute atomic E-state index is 0.563. The van der Waals surface area contributed by atoms with Gasteiger partial charge in [-0.15, -0.1) is 0 Å². The van der Waals surface area contributed by atoms with Gasteiger partial charge in [-0.05, 0) is 83.1 Å². The predicted octanol–water partition coefficient (Wildman–Crippen LogP) is 6.82. The first kappa shape index (κ1) is 31.0. The van der Waals surface area contributed by atoms with Gasteiger partial charge in [0.15, 0.2) is 23.3 Å². The van der Waals surface area contributed by atoms with Crippen LogP contribution < -0.4 is 5.19 Å². The second kappa shape index (κ2) is 8.99. The minimum atomic E-state index is -4.25. The van der Waals surface area contributed by atoms with Crippen LogP contribution in [0.15, 0.2) is 24.8 Å². The Hall–Kier alpha value is -1.54. The van der Waals surface area contributed by atoms with Crippen molar-refractivity contribution in [2.24, 2.45) is 0 Å². The molecule has 0 fully saturated rings. The Labute approximate surface area is 233 Å². The fourth-order valence-electron chi connectivity index (χ4n) is 5.62. The molecule has 0 amide bonds. The second-order valence-electron chi connectivity index (χ2n) is 14.0. The Morgan fingerprint density at radius 1 is 0.474 bits per heavy atom. The number of halogens is 6. The Kier molecular flexibility index (Phi) is 7.33. The molecule has 2 heterocycles. The van der Waals surface area contributed by atoms with Crippen molar-refractivity contribution in [3.05, 3.63) is 53.9 Å². The van der Waals surface area contributed by atoms with Crippen LogP contribution in [0.5, 0.6) is 0 Å². The van der Waals surface area contributed by atoms with Crippen molar-refractivity contribution in [2.75, 3.05) is 0 Å². The maximum Gasteiger partial charge on any atom is 0.375 e. The number of hydrogen-bond donors (Lipinski definition) is 0. The number of benzene rings is 1. The van der Waals surface area contributed by atoms with E-state index in [2.05, 4.69) is 24.4 Å². The summed E-state index contributed by atoms with van der Waals surface area (Å²) in [5.41, 5.74) is -2.61. The Morgan fingerprint density at radius 3 is 0.974 bits per heavy atom. The molecule has 0 aromatic heterocycles. The van der Waals surface area contributed by atoms with Crippen molar-refractivity contribution in [1.29, 1.82) is 0 Å². The van der Waals surface area contributed by atoms with E-state index in [9.17, 15) is 4.39 Å². The summed E-state index contributed by atoms with van der Waals surface area (Å²) < 4.78 is 85.2. The first-order valence-corrected chi connectivity index (χ1v) is 19.7. The first-order chi connectivity index (χ1) is 16.9. The van der Waals surface area contributed by atoms with Crippen LogP contribution in [-0.2, 0) is 0 Å². The highest BCUT2D eigenvalue weighted by Crippen LogP contribution is 2.52. The lowest BCUT2D eigenvalue weighted by molar-refractivity contribution is 0.250. The molecule has 1 aromatic rings. The molecule has 0 bridgehead atoms. The number of nitrogens with zero attached hydrogens (tertiary/aromatic N) is 4. The third-order valence-electron chi connectivity index (χ3n) is 6.96. The van der Waals surface area contributed by atoms with Crippen molar-refractivity contribution in [1.82, 2.24) is 18.3 Å². The van der Waals surface area contributed by atoms with E-state index in [0.29, 0.717) is 0 Å². The SMILES string of the molecule is CC(C)(C)N1C=CN(C(C)(C)C)[Si]1(Br)[Si]1(c2c(F)c(F)c(F)c(F)c2F)N(C(C)(C)C)C=CN1C(C)(C)C. The van der Waals surface area contributed by atoms with Gasteiger partial charge in [-0.3, -0.25) is 0 Å². The first-order valence-electron chi connectivity index (χ1n) is 12.6. The molecule has 0 saturated heterocycles. The van der Waals surface area contributed by atoms with Gasteiger partial charge < -0.3 is 18.3 Å². The fourth-order valence-corrected chi connectivity index (χ4v) is 33.3. The van der Waals surface area contributed by atoms with Crippen LogP contribution in [0.25, 0.3) is 0 Å². The molecule has 0 atom stereocenters. The van der Waals surface area contributed by atoms with E-state index in [0.717, 1.165) is 0 Å². The monoisotopic (exact) mass is 638 g/mol. The van der Waals surface area contributed by atoms with Gasteiger partial charge in [-0.1, -0.05) is 15.3 Å². The average molecular weight is 640 g/mol. The third kappa shape index (κ3) is 4.23. The minimum Gasteiger partial charge on any atom is -0.376 e. The van der Waals surface area contributed by atoms with Crippen molar-refractivity contribution in [3.8, 4) is 0 Å². The summed E-state index contributed by atoms with van der Waals surface area (Å²) in [6.07, 6.45) is 7.33. The zero-order valence-electron chi connectivity index (χ0n) is 24.4. The Balaban J connectivity index is 2.73. The highest BCUT2D eigenvalue weighted by atomic mass is 79.9. The summed E-state index contributed by atoms with van der Waals surface area (Å²) in [7, 11) is -4.25. The van der Waals surface area contributed by atoms with Gasteiger partial charge in [-0.2, -0.15) is 0 Å². The smallest absolute Gasteiger partial charge is 0.375 e. The van der Waals surface area contributed by atoms with Gasteiger partial charge in [0, 0.05) is 47.0 Å². The molecular weight excluding hydrogens is 599 g/mol. The van der Waals surface area contributed by atoms with E-state index in [4.69, 9.17) is 0 Å². The molecule has 3 rings (SSSR count). The molecule has 1 aromatic carbocycles. The quantitative estimate of drug-likeness (QED) is 0.116. The van der Waals surface area contributed by atoms with Crippen LogP contribution in [0.3, 0.4) is 0 Å². The molecule has 12 heteroatoms. The molecule has 0 saturated carbocycles. The van der Waals surface area contributed by atoms with Crippen LogP contribution in [-0.4, -0.2) is 54.9 Å².